The highest BCUT2D eigenvalue weighted by atomic mass is 16.2. The summed E-state index contributed by atoms with van der Waals surface area (Å²) < 4.78 is 0. The van der Waals surface area contributed by atoms with Gasteiger partial charge in [-0.15, -0.1) is 0 Å². The lowest BCUT2D eigenvalue weighted by atomic mass is 10.0. The summed E-state index contributed by atoms with van der Waals surface area (Å²) in [6.07, 6.45) is 1.93. The normalized spacial score (nSPS) is 17.3. The fourth-order valence-corrected chi connectivity index (χ4v) is 3.96. The molecule has 3 aromatic carbocycles. The lowest BCUT2D eigenvalue weighted by molar-refractivity contribution is -0.137. The maximum Gasteiger partial charge on any atom is 0.247 e. The number of fused-ring (bicyclic) bond motifs is 1. The number of nitrogens with one attached hydrogen (secondary N) is 1. The van der Waals surface area contributed by atoms with Crippen molar-refractivity contribution in [2.75, 3.05) is 11.9 Å². The van der Waals surface area contributed by atoms with Gasteiger partial charge in [0.05, 0.1) is 6.04 Å². The van der Waals surface area contributed by atoms with Gasteiger partial charge >= 0.3 is 0 Å². The predicted octanol–water partition coefficient (Wildman–Crippen LogP) is 3.34. The van der Waals surface area contributed by atoms with Crippen molar-refractivity contribution in [2.45, 2.75) is 31.3 Å². The molecule has 5 heteroatoms. The van der Waals surface area contributed by atoms with E-state index < -0.39 is 12.1 Å². The first kappa shape index (κ1) is 19.2. The van der Waals surface area contributed by atoms with Crippen LogP contribution in [0.2, 0.25) is 0 Å². The van der Waals surface area contributed by atoms with Gasteiger partial charge in [-0.1, -0.05) is 60.7 Å². The van der Waals surface area contributed by atoms with Crippen LogP contribution in [-0.2, 0) is 16.0 Å². The molecule has 0 aromatic heterocycles. The summed E-state index contributed by atoms with van der Waals surface area (Å²) in [6, 6.07) is 22.4. The number of rotatable bonds is 5. The molecule has 0 spiro atoms. The van der Waals surface area contributed by atoms with E-state index in [4.69, 9.17) is 5.73 Å². The highest BCUT2D eigenvalue weighted by Gasteiger charge is 2.36. The molecule has 0 radical (unpaired) electrons. The minimum atomic E-state index is -0.647. The topological polar surface area (TPSA) is 75.4 Å². The van der Waals surface area contributed by atoms with Crippen molar-refractivity contribution >= 4 is 28.3 Å². The number of anilines is 1. The van der Waals surface area contributed by atoms with E-state index in [0.717, 1.165) is 28.4 Å². The van der Waals surface area contributed by atoms with Gasteiger partial charge in [-0.2, -0.15) is 0 Å². The molecule has 1 saturated heterocycles. The molecule has 148 valence electrons. The predicted molar refractivity (Wildman–Crippen MR) is 115 cm³/mol. The van der Waals surface area contributed by atoms with E-state index in [0.29, 0.717) is 19.4 Å². The van der Waals surface area contributed by atoms with E-state index in [1.54, 1.807) is 4.90 Å². The Hall–Kier alpha value is -3.18. The lowest BCUT2D eigenvalue weighted by Gasteiger charge is -2.26. The number of carbonyl (C=O) groups is 2. The second-order valence-corrected chi connectivity index (χ2v) is 7.54. The van der Waals surface area contributed by atoms with Crippen LogP contribution >= 0.6 is 0 Å². The minimum absolute atomic E-state index is 0.155. The molecule has 1 aliphatic heterocycles. The molecule has 0 bridgehead atoms. The lowest BCUT2D eigenvalue weighted by Crippen LogP contribution is -2.50. The number of nitrogens with two attached hydrogens (primary N) is 1. The maximum atomic E-state index is 12.9. The third kappa shape index (κ3) is 4.30. The van der Waals surface area contributed by atoms with Gasteiger partial charge < -0.3 is 16.0 Å². The van der Waals surface area contributed by atoms with Crippen LogP contribution in [0.25, 0.3) is 10.8 Å². The van der Waals surface area contributed by atoms with Gasteiger partial charge in [-0.05, 0) is 47.7 Å². The Kier molecular flexibility index (Phi) is 5.58. The van der Waals surface area contributed by atoms with E-state index >= 15 is 0 Å². The Labute approximate surface area is 170 Å². The summed E-state index contributed by atoms with van der Waals surface area (Å²) >= 11 is 0. The van der Waals surface area contributed by atoms with Crippen molar-refractivity contribution in [3.63, 3.8) is 0 Å². The van der Waals surface area contributed by atoms with Gasteiger partial charge in [-0.25, -0.2) is 0 Å². The first-order valence-corrected chi connectivity index (χ1v) is 10.0. The number of likely N-dealkylation sites (tertiary alicyclic amines) is 1. The Bertz CT molecular complexity index is 1020. The zero-order valence-corrected chi connectivity index (χ0v) is 16.3. The summed E-state index contributed by atoms with van der Waals surface area (Å²) in [6.45, 7) is 0.567. The Morgan fingerprint density at radius 2 is 1.72 bits per heavy atom. The van der Waals surface area contributed by atoms with Crippen molar-refractivity contribution in [1.29, 1.82) is 0 Å². The zero-order chi connectivity index (χ0) is 20.2. The van der Waals surface area contributed by atoms with Gasteiger partial charge in [0.25, 0.3) is 0 Å². The van der Waals surface area contributed by atoms with E-state index in [-0.39, 0.29) is 11.8 Å². The zero-order valence-electron chi connectivity index (χ0n) is 16.3. The number of amides is 2. The third-order valence-corrected chi connectivity index (χ3v) is 5.47. The van der Waals surface area contributed by atoms with Crippen molar-refractivity contribution < 1.29 is 9.59 Å². The standard InChI is InChI=1S/C24H25N3O2/c25-21(15-17-7-2-1-3-8-17)24(29)27-14-6-11-22(27)23(28)26-20-13-12-18-9-4-5-10-19(18)16-20/h1-5,7-10,12-13,16,21-22H,6,11,14-15,25H2,(H,26,28)/t21-,22-/m0/s1. The molecule has 0 unspecified atom stereocenters. The molecular weight excluding hydrogens is 362 g/mol. The Balaban J connectivity index is 1.43. The number of nitrogens with zero attached hydrogens (tertiary/aromatic N) is 1. The summed E-state index contributed by atoms with van der Waals surface area (Å²) in [5.74, 6) is -0.317. The number of benzene rings is 3. The van der Waals surface area contributed by atoms with Crippen LogP contribution in [0.1, 0.15) is 18.4 Å². The molecule has 29 heavy (non-hydrogen) atoms. The molecule has 0 saturated carbocycles. The molecule has 1 heterocycles. The van der Waals surface area contributed by atoms with E-state index in [2.05, 4.69) is 5.32 Å². The highest BCUT2D eigenvalue weighted by molar-refractivity contribution is 5.99. The first-order chi connectivity index (χ1) is 14.1. The average molecular weight is 387 g/mol. The Morgan fingerprint density at radius 1 is 1.00 bits per heavy atom. The fraction of sp³-hybridized carbons (Fsp3) is 0.250. The van der Waals surface area contributed by atoms with Gasteiger partial charge in [0.2, 0.25) is 11.8 Å². The molecule has 1 fully saturated rings. The van der Waals surface area contributed by atoms with Crippen LogP contribution in [0.15, 0.2) is 72.8 Å². The van der Waals surface area contributed by atoms with Crippen LogP contribution in [0, 0.1) is 0 Å². The highest BCUT2D eigenvalue weighted by Crippen LogP contribution is 2.23. The molecule has 5 nitrogen and oxygen atoms in total. The van der Waals surface area contributed by atoms with E-state index in [1.165, 1.54) is 0 Å². The van der Waals surface area contributed by atoms with Crippen molar-refractivity contribution in [3.8, 4) is 0 Å². The van der Waals surface area contributed by atoms with Crippen molar-refractivity contribution in [1.82, 2.24) is 4.90 Å². The largest absolute Gasteiger partial charge is 0.329 e. The summed E-state index contributed by atoms with van der Waals surface area (Å²) in [7, 11) is 0. The van der Waals surface area contributed by atoms with Crippen molar-refractivity contribution in [2.24, 2.45) is 5.73 Å². The quantitative estimate of drug-likeness (QED) is 0.705. The molecule has 4 rings (SSSR count). The van der Waals surface area contributed by atoms with Crippen LogP contribution in [0.5, 0.6) is 0 Å². The summed E-state index contributed by atoms with van der Waals surface area (Å²) in [4.78, 5) is 27.5. The van der Waals surface area contributed by atoms with Gasteiger partial charge in [0, 0.05) is 12.2 Å². The van der Waals surface area contributed by atoms with Gasteiger partial charge in [0.15, 0.2) is 0 Å². The summed E-state index contributed by atoms with van der Waals surface area (Å²) in [5, 5.41) is 5.16. The molecule has 1 aliphatic rings. The smallest absolute Gasteiger partial charge is 0.247 e. The monoisotopic (exact) mass is 387 g/mol. The van der Waals surface area contributed by atoms with Crippen LogP contribution < -0.4 is 11.1 Å². The van der Waals surface area contributed by atoms with Crippen LogP contribution in [0.3, 0.4) is 0 Å². The Morgan fingerprint density at radius 3 is 2.52 bits per heavy atom. The summed E-state index contributed by atoms with van der Waals surface area (Å²) in [5.41, 5.74) is 7.94. The van der Waals surface area contributed by atoms with Gasteiger partial charge in [-0.3, -0.25) is 9.59 Å². The minimum Gasteiger partial charge on any atom is -0.329 e. The maximum absolute atomic E-state index is 12.9. The van der Waals surface area contributed by atoms with Crippen molar-refractivity contribution in [3.05, 3.63) is 78.4 Å². The fourth-order valence-electron chi connectivity index (χ4n) is 3.96. The van der Waals surface area contributed by atoms with E-state index in [1.807, 2.05) is 72.8 Å². The second kappa shape index (κ2) is 8.45. The number of hydrogen-bond donors (Lipinski definition) is 2. The molecule has 0 aliphatic carbocycles. The van der Waals surface area contributed by atoms with Crippen LogP contribution in [0.4, 0.5) is 5.69 Å². The third-order valence-electron chi connectivity index (χ3n) is 5.47. The second-order valence-electron chi connectivity index (χ2n) is 7.54. The number of hydrogen-bond acceptors (Lipinski definition) is 3. The van der Waals surface area contributed by atoms with Gasteiger partial charge in [0.1, 0.15) is 6.04 Å². The SMILES string of the molecule is N[C@@H](Cc1ccccc1)C(=O)N1CCC[C@H]1C(=O)Nc1ccc2ccccc2c1. The molecule has 2 atom stereocenters. The molecule has 3 N–H and O–H groups in total. The number of carbonyl (C=O) groups excluding carboxylic acids is 2. The van der Waals surface area contributed by atoms with Crippen LogP contribution in [-0.4, -0.2) is 35.3 Å². The first-order valence-electron chi connectivity index (χ1n) is 10.0. The average Bonchev–Trinajstić information content (AvgIpc) is 3.24. The van der Waals surface area contributed by atoms with E-state index in [9.17, 15) is 9.59 Å². The molecule has 3 aromatic rings. The molecular formula is C24H25N3O2. The molecule has 2 amide bonds.